The number of amides is 1. The van der Waals surface area contributed by atoms with Crippen LogP contribution in [-0.2, 0) is 4.79 Å². The number of halogens is 3. The Morgan fingerprint density at radius 2 is 1.76 bits per heavy atom. The third-order valence-corrected chi connectivity index (χ3v) is 4.75. The number of hydrogen-bond donors (Lipinski definition) is 1. The van der Waals surface area contributed by atoms with Crippen molar-refractivity contribution in [3.63, 3.8) is 0 Å². The molecule has 0 spiro atoms. The molecule has 4 nitrogen and oxygen atoms in total. The van der Waals surface area contributed by atoms with E-state index in [0.29, 0.717) is 5.69 Å². The van der Waals surface area contributed by atoms with Crippen molar-refractivity contribution in [1.29, 1.82) is 0 Å². The van der Waals surface area contributed by atoms with Crippen molar-refractivity contribution < 1.29 is 9.18 Å². The van der Waals surface area contributed by atoms with Gasteiger partial charge in [-0.1, -0.05) is 35.3 Å². The average molecular weight is 382 g/mol. The number of benzene rings is 2. The van der Waals surface area contributed by atoms with Gasteiger partial charge in [-0.3, -0.25) is 9.69 Å². The first-order valence-corrected chi connectivity index (χ1v) is 8.75. The van der Waals surface area contributed by atoms with Crippen LogP contribution in [0.2, 0.25) is 10.0 Å². The highest BCUT2D eigenvalue weighted by Gasteiger charge is 2.20. The molecule has 2 aromatic rings. The van der Waals surface area contributed by atoms with Crippen LogP contribution in [-0.4, -0.2) is 43.5 Å². The Labute approximate surface area is 156 Å². The quantitative estimate of drug-likeness (QED) is 0.872. The van der Waals surface area contributed by atoms with Gasteiger partial charge in [0, 0.05) is 31.9 Å². The van der Waals surface area contributed by atoms with Crippen molar-refractivity contribution in [2.45, 2.75) is 0 Å². The number of nitrogens with one attached hydrogen (secondary N) is 1. The van der Waals surface area contributed by atoms with Crippen molar-refractivity contribution in [2.24, 2.45) is 0 Å². The Bertz CT molecular complexity index is 764. The summed E-state index contributed by atoms with van der Waals surface area (Å²) in [5.41, 5.74) is 1.51. The van der Waals surface area contributed by atoms with Gasteiger partial charge in [-0.05, 0) is 30.3 Å². The number of anilines is 2. The van der Waals surface area contributed by atoms with E-state index in [1.807, 2.05) is 24.3 Å². The van der Waals surface area contributed by atoms with E-state index >= 15 is 0 Å². The molecule has 1 amide bonds. The second-order valence-electron chi connectivity index (χ2n) is 5.89. The van der Waals surface area contributed by atoms with E-state index in [1.165, 1.54) is 18.2 Å². The highest BCUT2D eigenvalue weighted by Crippen LogP contribution is 2.26. The second kappa shape index (κ2) is 8.04. The first kappa shape index (κ1) is 18.0. The van der Waals surface area contributed by atoms with Crippen molar-refractivity contribution in [1.82, 2.24) is 4.90 Å². The predicted octanol–water partition coefficient (Wildman–Crippen LogP) is 3.89. The first-order chi connectivity index (χ1) is 12.0. The Hall–Kier alpha value is -1.82. The molecule has 7 heteroatoms. The zero-order valence-electron chi connectivity index (χ0n) is 13.5. The van der Waals surface area contributed by atoms with E-state index in [9.17, 15) is 9.18 Å². The summed E-state index contributed by atoms with van der Waals surface area (Å²) < 4.78 is 13.1. The lowest BCUT2D eigenvalue weighted by molar-refractivity contribution is -0.117. The molecule has 0 unspecified atom stereocenters. The molecule has 2 aromatic carbocycles. The van der Waals surface area contributed by atoms with Crippen molar-refractivity contribution in [3.8, 4) is 0 Å². The van der Waals surface area contributed by atoms with Crippen LogP contribution in [0.15, 0.2) is 42.5 Å². The number of para-hydroxylation sites is 1. The molecule has 1 fully saturated rings. The van der Waals surface area contributed by atoms with Gasteiger partial charge >= 0.3 is 0 Å². The standard InChI is InChI=1S/C18H18Cl2FN3O/c19-14-3-1-2-4-17(14)24-9-7-23(8-10-24)12-18(25)22-13-5-6-16(21)15(20)11-13/h1-6,11H,7-10,12H2,(H,22,25). The highest BCUT2D eigenvalue weighted by atomic mass is 35.5. The molecular weight excluding hydrogens is 364 g/mol. The number of carbonyl (C=O) groups is 1. The van der Waals surface area contributed by atoms with E-state index in [-0.39, 0.29) is 17.5 Å². The molecule has 0 aromatic heterocycles. The summed E-state index contributed by atoms with van der Waals surface area (Å²) in [5.74, 6) is -0.649. The minimum absolute atomic E-state index is 0.00819. The van der Waals surface area contributed by atoms with Gasteiger partial charge in [-0.15, -0.1) is 0 Å². The van der Waals surface area contributed by atoms with Gasteiger partial charge in [0.25, 0.3) is 0 Å². The number of piperazine rings is 1. The van der Waals surface area contributed by atoms with Gasteiger partial charge in [0.2, 0.25) is 5.91 Å². The molecule has 1 heterocycles. The van der Waals surface area contributed by atoms with Gasteiger partial charge in [-0.25, -0.2) is 4.39 Å². The van der Waals surface area contributed by atoms with E-state index in [4.69, 9.17) is 23.2 Å². The van der Waals surface area contributed by atoms with Gasteiger partial charge in [0.15, 0.2) is 0 Å². The fraction of sp³-hybridized carbons (Fsp3) is 0.278. The molecule has 1 N–H and O–H groups in total. The highest BCUT2D eigenvalue weighted by molar-refractivity contribution is 6.33. The summed E-state index contributed by atoms with van der Waals surface area (Å²) in [4.78, 5) is 16.5. The van der Waals surface area contributed by atoms with Gasteiger partial charge in [-0.2, -0.15) is 0 Å². The number of rotatable bonds is 4. The van der Waals surface area contributed by atoms with Crippen LogP contribution in [0.5, 0.6) is 0 Å². The van der Waals surface area contributed by atoms with E-state index in [1.54, 1.807) is 0 Å². The molecule has 3 rings (SSSR count). The maximum Gasteiger partial charge on any atom is 0.238 e. The summed E-state index contributed by atoms with van der Waals surface area (Å²) >= 11 is 12.0. The molecule has 1 aliphatic rings. The van der Waals surface area contributed by atoms with Crippen LogP contribution in [0.1, 0.15) is 0 Å². The summed E-state index contributed by atoms with van der Waals surface area (Å²) in [7, 11) is 0. The second-order valence-corrected chi connectivity index (χ2v) is 6.71. The summed E-state index contributed by atoms with van der Waals surface area (Å²) in [6.07, 6.45) is 0. The lowest BCUT2D eigenvalue weighted by Gasteiger charge is -2.36. The molecule has 25 heavy (non-hydrogen) atoms. The van der Waals surface area contributed by atoms with E-state index in [0.717, 1.165) is 36.9 Å². The maximum absolute atomic E-state index is 13.1. The zero-order chi connectivity index (χ0) is 17.8. The number of carbonyl (C=O) groups excluding carboxylic acids is 1. The Morgan fingerprint density at radius 1 is 1.04 bits per heavy atom. The predicted molar refractivity (Wildman–Crippen MR) is 100 cm³/mol. The lowest BCUT2D eigenvalue weighted by Crippen LogP contribution is -2.48. The molecule has 0 bridgehead atoms. The van der Waals surface area contributed by atoms with E-state index < -0.39 is 5.82 Å². The van der Waals surface area contributed by atoms with Crippen LogP contribution in [0, 0.1) is 5.82 Å². The van der Waals surface area contributed by atoms with Crippen LogP contribution < -0.4 is 10.2 Å². The van der Waals surface area contributed by atoms with Gasteiger partial charge < -0.3 is 10.2 Å². The third kappa shape index (κ3) is 4.63. The monoisotopic (exact) mass is 381 g/mol. The molecule has 1 aliphatic heterocycles. The molecule has 1 saturated heterocycles. The summed E-state index contributed by atoms with van der Waals surface area (Å²) in [5, 5.41) is 3.47. The summed E-state index contributed by atoms with van der Waals surface area (Å²) in [6.45, 7) is 3.43. The van der Waals surface area contributed by atoms with Crippen LogP contribution in [0.25, 0.3) is 0 Å². The molecule has 132 valence electrons. The Balaban J connectivity index is 1.51. The maximum atomic E-state index is 13.1. The topological polar surface area (TPSA) is 35.6 Å². The number of hydrogen-bond acceptors (Lipinski definition) is 3. The first-order valence-electron chi connectivity index (χ1n) is 7.99. The normalized spacial score (nSPS) is 15.2. The fourth-order valence-electron chi connectivity index (χ4n) is 2.83. The molecule has 0 aliphatic carbocycles. The SMILES string of the molecule is O=C(CN1CCN(c2ccccc2Cl)CC1)Nc1ccc(F)c(Cl)c1. The minimum Gasteiger partial charge on any atom is -0.368 e. The zero-order valence-corrected chi connectivity index (χ0v) is 15.0. The van der Waals surface area contributed by atoms with Gasteiger partial charge in [0.1, 0.15) is 5.82 Å². The Morgan fingerprint density at radius 3 is 2.44 bits per heavy atom. The van der Waals surface area contributed by atoms with Crippen molar-refractivity contribution in [2.75, 3.05) is 42.9 Å². The molecular formula is C18H18Cl2FN3O. The lowest BCUT2D eigenvalue weighted by atomic mass is 10.2. The van der Waals surface area contributed by atoms with Crippen LogP contribution >= 0.6 is 23.2 Å². The van der Waals surface area contributed by atoms with Gasteiger partial charge in [0.05, 0.1) is 22.3 Å². The van der Waals surface area contributed by atoms with Crippen molar-refractivity contribution >= 4 is 40.5 Å². The smallest absolute Gasteiger partial charge is 0.238 e. The fourth-order valence-corrected chi connectivity index (χ4v) is 3.27. The van der Waals surface area contributed by atoms with Crippen LogP contribution in [0.4, 0.5) is 15.8 Å². The summed E-state index contributed by atoms with van der Waals surface area (Å²) in [6, 6.07) is 11.9. The Kier molecular flexibility index (Phi) is 5.78. The molecule has 0 radical (unpaired) electrons. The van der Waals surface area contributed by atoms with Crippen molar-refractivity contribution in [3.05, 3.63) is 58.3 Å². The average Bonchev–Trinajstić information content (AvgIpc) is 2.59. The molecule has 0 saturated carbocycles. The van der Waals surface area contributed by atoms with E-state index in [2.05, 4.69) is 15.1 Å². The molecule has 0 atom stereocenters. The number of nitrogens with zero attached hydrogens (tertiary/aromatic N) is 2. The largest absolute Gasteiger partial charge is 0.368 e. The minimum atomic E-state index is -0.504. The van der Waals surface area contributed by atoms with Crippen LogP contribution in [0.3, 0.4) is 0 Å². The third-order valence-electron chi connectivity index (χ3n) is 4.14.